The molecule has 0 aromatic carbocycles. The number of nitrogens with two attached hydrogens (primary N) is 1. The van der Waals surface area contributed by atoms with Gasteiger partial charge in [-0.05, 0) is 22.6 Å². The summed E-state index contributed by atoms with van der Waals surface area (Å²) in [7, 11) is 1.75. The molecule has 0 bridgehead atoms. The average Bonchev–Trinajstić information content (AvgIpc) is 2.51. The number of nitrogen functional groups attached to an aromatic ring is 1. The van der Waals surface area contributed by atoms with Crippen LogP contribution in [0.15, 0.2) is 18.3 Å². The molecular formula is C7H8N6. The monoisotopic (exact) mass is 176 g/mol. The SMILES string of the molecule is Cn1nnnc1-c1cc(N)ccn1. The molecule has 2 N–H and O–H groups in total. The molecule has 0 aliphatic rings. The number of hydrogen-bond acceptors (Lipinski definition) is 5. The van der Waals surface area contributed by atoms with Crippen LogP contribution in [0, 0.1) is 0 Å². The van der Waals surface area contributed by atoms with Crippen molar-refractivity contribution in [1.29, 1.82) is 0 Å². The Morgan fingerprint density at radius 3 is 2.92 bits per heavy atom. The van der Waals surface area contributed by atoms with Crippen molar-refractivity contribution in [2.45, 2.75) is 0 Å². The van der Waals surface area contributed by atoms with E-state index in [1.54, 1.807) is 30.1 Å². The summed E-state index contributed by atoms with van der Waals surface area (Å²) in [6.45, 7) is 0. The van der Waals surface area contributed by atoms with Crippen LogP contribution in [0.2, 0.25) is 0 Å². The molecule has 0 amide bonds. The van der Waals surface area contributed by atoms with Crippen LogP contribution in [0.4, 0.5) is 5.69 Å². The van der Waals surface area contributed by atoms with Gasteiger partial charge in [-0.25, -0.2) is 4.68 Å². The molecule has 0 spiro atoms. The second-order valence-electron chi connectivity index (χ2n) is 2.60. The number of pyridine rings is 1. The van der Waals surface area contributed by atoms with Crippen LogP contribution in [-0.2, 0) is 7.05 Å². The molecule has 2 rings (SSSR count). The molecule has 0 aliphatic heterocycles. The smallest absolute Gasteiger partial charge is 0.200 e. The van der Waals surface area contributed by atoms with Gasteiger partial charge in [-0.3, -0.25) is 4.98 Å². The number of tetrazole rings is 1. The van der Waals surface area contributed by atoms with Gasteiger partial charge in [0.25, 0.3) is 0 Å². The lowest BCUT2D eigenvalue weighted by molar-refractivity contribution is 0.714. The minimum atomic E-state index is 0.604. The van der Waals surface area contributed by atoms with Crippen LogP contribution in [0.25, 0.3) is 11.5 Å². The third-order valence-electron chi connectivity index (χ3n) is 1.63. The zero-order chi connectivity index (χ0) is 9.26. The maximum Gasteiger partial charge on any atom is 0.200 e. The largest absolute Gasteiger partial charge is 0.399 e. The van der Waals surface area contributed by atoms with Crippen molar-refractivity contribution in [2.75, 3.05) is 5.73 Å². The predicted molar refractivity (Wildman–Crippen MR) is 46.4 cm³/mol. The van der Waals surface area contributed by atoms with Gasteiger partial charge in [0.1, 0.15) is 5.69 Å². The highest BCUT2D eigenvalue weighted by Gasteiger charge is 2.06. The Hall–Kier alpha value is -1.98. The summed E-state index contributed by atoms with van der Waals surface area (Å²) in [6.07, 6.45) is 1.62. The van der Waals surface area contributed by atoms with Gasteiger partial charge < -0.3 is 5.73 Å². The summed E-state index contributed by atoms with van der Waals surface area (Å²) in [5, 5.41) is 11.0. The van der Waals surface area contributed by atoms with Crippen molar-refractivity contribution in [2.24, 2.45) is 7.05 Å². The maximum atomic E-state index is 5.60. The molecule has 0 saturated heterocycles. The van der Waals surface area contributed by atoms with Gasteiger partial charge in [-0.15, -0.1) is 5.10 Å². The third kappa shape index (κ3) is 1.33. The Bertz CT molecular complexity index is 420. The summed E-state index contributed by atoms with van der Waals surface area (Å²) < 4.78 is 1.54. The predicted octanol–water partition coefficient (Wildman–Crippen LogP) is -0.146. The first-order chi connectivity index (χ1) is 6.27. The standard InChI is InChI=1S/C7H8N6/c1-13-7(10-11-12-13)6-4-5(8)2-3-9-6/h2-4H,1H3,(H2,8,9). The molecule has 0 saturated carbocycles. The first-order valence-corrected chi connectivity index (χ1v) is 3.71. The molecule has 0 atom stereocenters. The highest BCUT2D eigenvalue weighted by atomic mass is 15.5. The summed E-state index contributed by atoms with van der Waals surface area (Å²) in [4.78, 5) is 4.10. The van der Waals surface area contributed by atoms with E-state index in [-0.39, 0.29) is 0 Å². The second-order valence-corrected chi connectivity index (χ2v) is 2.60. The zero-order valence-electron chi connectivity index (χ0n) is 7.05. The first kappa shape index (κ1) is 7.66. The fourth-order valence-electron chi connectivity index (χ4n) is 1.02. The highest BCUT2D eigenvalue weighted by molar-refractivity contribution is 5.55. The fourth-order valence-corrected chi connectivity index (χ4v) is 1.02. The Morgan fingerprint density at radius 1 is 1.46 bits per heavy atom. The van der Waals surface area contributed by atoms with Crippen LogP contribution in [0.1, 0.15) is 0 Å². The molecular weight excluding hydrogens is 168 g/mol. The molecule has 6 heteroatoms. The zero-order valence-corrected chi connectivity index (χ0v) is 7.05. The number of aryl methyl sites for hydroxylation is 1. The van der Waals surface area contributed by atoms with Crippen molar-refractivity contribution >= 4 is 5.69 Å². The molecule has 6 nitrogen and oxygen atoms in total. The molecule has 0 unspecified atom stereocenters. The number of hydrogen-bond donors (Lipinski definition) is 1. The van der Waals surface area contributed by atoms with E-state index in [1.165, 1.54) is 0 Å². The molecule has 2 heterocycles. The van der Waals surface area contributed by atoms with E-state index in [1.807, 2.05) is 0 Å². The molecule has 2 aromatic heterocycles. The second kappa shape index (κ2) is 2.81. The molecule has 0 aliphatic carbocycles. The average molecular weight is 176 g/mol. The Morgan fingerprint density at radius 2 is 2.31 bits per heavy atom. The van der Waals surface area contributed by atoms with E-state index >= 15 is 0 Å². The normalized spacial score (nSPS) is 10.2. The summed E-state index contributed by atoms with van der Waals surface area (Å²) in [5.74, 6) is 0.604. The van der Waals surface area contributed by atoms with Crippen molar-refractivity contribution < 1.29 is 0 Å². The Balaban J connectivity index is 2.53. The van der Waals surface area contributed by atoms with Crippen LogP contribution >= 0.6 is 0 Å². The number of rotatable bonds is 1. The lowest BCUT2D eigenvalue weighted by Gasteiger charge is -1.98. The number of aromatic nitrogens is 5. The van der Waals surface area contributed by atoms with Gasteiger partial charge in [-0.1, -0.05) is 0 Å². The minimum Gasteiger partial charge on any atom is -0.399 e. The summed E-state index contributed by atoms with van der Waals surface area (Å²) in [5.41, 5.74) is 6.92. The Kier molecular flexibility index (Phi) is 1.66. The minimum absolute atomic E-state index is 0.604. The van der Waals surface area contributed by atoms with Crippen molar-refractivity contribution in [3.63, 3.8) is 0 Å². The van der Waals surface area contributed by atoms with Crippen molar-refractivity contribution in [3.05, 3.63) is 18.3 Å². The van der Waals surface area contributed by atoms with Crippen molar-refractivity contribution in [1.82, 2.24) is 25.2 Å². The Labute approximate surface area is 74.4 Å². The van der Waals surface area contributed by atoms with Gasteiger partial charge in [-0.2, -0.15) is 0 Å². The van der Waals surface area contributed by atoms with Gasteiger partial charge in [0, 0.05) is 18.9 Å². The molecule has 13 heavy (non-hydrogen) atoms. The van der Waals surface area contributed by atoms with E-state index in [0.717, 1.165) is 0 Å². The van der Waals surface area contributed by atoms with Gasteiger partial charge in [0.05, 0.1) is 0 Å². The summed E-state index contributed by atoms with van der Waals surface area (Å²) in [6, 6.07) is 3.44. The fraction of sp³-hybridized carbons (Fsp3) is 0.143. The van der Waals surface area contributed by atoms with E-state index < -0.39 is 0 Å². The van der Waals surface area contributed by atoms with Gasteiger partial charge >= 0.3 is 0 Å². The molecule has 0 radical (unpaired) electrons. The van der Waals surface area contributed by atoms with Crippen LogP contribution in [-0.4, -0.2) is 25.2 Å². The van der Waals surface area contributed by atoms with Crippen LogP contribution in [0.5, 0.6) is 0 Å². The molecule has 66 valence electrons. The maximum absolute atomic E-state index is 5.60. The van der Waals surface area contributed by atoms with Crippen LogP contribution < -0.4 is 5.73 Å². The van der Waals surface area contributed by atoms with Gasteiger partial charge in [0.2, 0.25) is 0 Å². The lowest BCUT2D eigenvalue weighted by Crippen LogP contribution is -1.97. The van der Waals surface area contributed by atoms with E-state index in [4.69, 9.17) is 5.73 Å². The molecule has 2 aromatic rings. The quantitative estimate of drug-likeness (QED) is 0.653. The van der Waals surface area contributed by atoms with Gasteiger partial charge in [0.15, 0.2) is 5.82 Å². The van der Waals surface area contributed by atoms with E-state index in [9.17, 15) is 0 Å². The first-order valence-electron chi connectivity index (χ1n) is 3.71. The lowest BCUT2D eigenvalue weighted by atomic mass is 10.3. The third-order valence-corrected chi connectivity index (χ3v) is 1.63. The van der Waals surface area contributed by atoms with E-state index in [0.29, 0.717) is 17.2 Å². The topological polar surface area (TPSA) is 82.5 Å². The summed E-state index contributed by atoms with van der Waals surface area (Å²) >= 11 is 0. The van der Waals surface area contributed by atoms with Crippen molar-refractivity contribution in [3.8, 4) is 11.5 Å². The number of anilines is 1. The van der Waals surface area contributed by atoms with Crippen LogP contribution in [0.3, 0.4) is 0 Å². The van der Waals surface area contributed by atoms with E-state index in [2.05, 4.69) is 20.5 Å². The number of nitrogens with zero attached hydrogens (tertiary/aromatic N) is 5. The highest BCUT2D eigenvalue weighted by Crippen LogP contribution is 2.13. The molecule has 0 fully saturated rings.